The van der Waals surface area contributed by atoms with Gasteiger partial charge in [0.15, 0.2) is 0 Å². The highest BCUT2D eigenvalue weighted by atomic mass is 32.2. The van der Waals surface area contributed by atoms with Gasteiger partial charge in [-0.1, -0.05) is 0 Å². The van der Waals surface area contributed by atoms with Gasteiger partial charge < -0.3 is 15.5 Å². The molecule has 1 aliphatic heterocycles. The highest BCUT2D eigenvalue weighted by Crippen LogP contribution is 2.30. The van der Waals surface area contributed by atoms with E-state index in [0.717, 1.165) is 12.8 Å². The Kier molecular flexibility index (Phi) is 4.11. The van der Waals surface area contributed by atoms with Crippen LogP contribution >= 0.6 is 0 Å². The van der Waals surface area contributed by atoms with E-state index in [-0.39, 0.29) is 16.8 Å². The minimum absolute atomic E-state index is 0.00733. The molecule has 0 spiro atoms. The SMILES string of the molecule is CN(C)C(=O)C1CCCN1c1cc(N)cc(S(N)(=O)=O)c1. The Balaban J connectivity index is 2.41. The molecule has 1 aromatic carbocycles. The molecule has 2 rings (SSSR count). The summed E-state index contributed by atoms with van der Waals surface area (Å²) in [5.74, 6) is -0.00733. The molecule has 1 heterocycles. The van der Waals surface area contributed by atoms with E-state index in [2.05, 4.69) is 0 Å². The third kappa shape index (κ3) is 3.27. The summed E-state index contributed by atoms with van der Waals surface area (Å²) in [6, 6.07) is 4.15. The molecule has 1 fully saturated rings. The monoisotopic (exact) mass is 312 g/mol. The lowest BCUT2D eigenvalue weighted by molar-refractivity contribution is -0.129. The Hall–Kier alpha value is -1.80. The predicted molar refractivity (Wildman–Crippen MR) is 81.3 cm³/mol. The van der Waals surface area contributed by atoms with Crippen LogP contribution in [0.4, 0.5) is 11.4 Å². The van der Waals surface area contributed by atoms with E-state index in [1.807, 2.05) is 4.90 Å². The quantitative estimate of drug-likeness (QED) is 0.762. The number of likely N-dealkylation sites (N-methyl/N-ethyl adjacent to an activating group) is 1. The molecule has 21 heavy (non-hydrogen) atoms. The second kappa shape index (κ2) is 5.53. The summed E-state index contributed by atoms with van der Waals surface area (Å²) in [7, 11) is -0.429. The van der Waals surface area contributed by atoms with Crippen LogP contribution in [0.3, 0.4) is 0 Å². The molecule has 1 unspecified atom stereocenters. The van der Waals surface area contributed by atoms with Crippen molar-refractivity contribution in [2.45, 2.75) is 23.8 Å². The molecule has 1 atom stereocenters. The molecular weight excluding hydrogens is 292 g/mol. The number of primary sulfonamides is 1. The summed E-state index contributed by atoms with van der Waals surface area (Å²) in [4.78, 5) is 15.6. The lowest BCUT2D eigenvalue weighted by atomic mass is 10.2. The Morgan fingerprint density at radius 2 is 2.00 bits per heavy atom. The number of hydrogen-bond acceptors (Lipinski definition) is 5. The average molecular weight is 312 g/mol. The van der Waals surface area contributed by atoms with Gasteiger partial charge in [-0.25, -0.2) is 13.6 Å². The first kappa shape index (κ1) is 15.6. The summed E-state index contributed by atoms with van der Waals surface area (Å²) in [6.07, 6.45) is 1.60. The van der Waals surface area contributed by atoms with E-state index < -0.39 is 10.0 Å². The van der Waals surface area contributed by atoms with Crippen LogP contribution in [0.2, 0.25) is 0 Å². The number of benzene rings is 1. The maximum atomic E-state index is 12.2. The largest absolute Gasteiger partial charge is 0.399 e. The third-order valence-electron chi connectivity index (χ3n) is 3.55. The van der Waals surface area contributed by atoms with Crippen LogP contribution in [0.1, 0.15) is 12.8 Å². The second-order valence-electron chi connectivity index (χ2n) is 5.39. The highest BCUT2D eigenvalue weighted by Gasteiger charge is 2.32. The number of nitrogens with two attached hydrogens (primary N) is 2. The Morgan fingerprint density at radius 3 is 2.57 bits per heavy atom. The van der Waals surface area contributed by atoms with E-state index >= 15 is 0 Å². The van der Waals surface area contributed by atoms with Crippen molar-refractivity contribution in [1.82, 2.24) is 4.90 Å². The molecule has 1 saturated heterocycles. The summed E-state index contributed by atoms with van der Waals surface area (Å²) >= 11 is 0. The topological polar surface area (TPSA) is 110 Å². The minimum Gasteiger partial charge on any atom is -0.399 e. The van der Waals surface area contributed by atoms with Crippen molar-refractivity contribution >= 4 is 27.3 Å². The first-order chi connectivity index (χ1) is 9.70. The smallest absolute Gasteiger partial charge is 0.244 e. The highest BCUT2D eigenvalue weighted by molar-refractivity contribution is 7.89. The van der Waals surface area contributed by atoms with Crippen molar-refractivity contribution in [3.8, 4) is 0 Å². The number of carbonyl (C=O) groups excluding carboxylic acids is 1. The van der Waals surface area contributed by atoms with Crippen LogP contribution in [-0.4, -0.2) is 45.9 Å². The van der Waals surface area contributed by atoms with Gasteiger partial charge in [0.25, 0.3) is 0 Å². The van der Waals surface area contributed by atoms with Gasteiger partial charge in [-0.05, 0) is 31.0 Å². The average Bonchev–Trinajstić information content (AvgIpc) is 2.84. The van der Waals surface area contributed by atoms with Crippen molar-refractivity contribution in [1.29, 1.82) is 0 Å². The van der Waals surface area contributed by atoms with Crippen LogP contribution in [0.25, 0.3) is 0 Å². The second-order valence-corrected chi connectivity index (χ2v) is 6.95. The van der Waals surface area contributed by atoms with Gasteiger partial charge in [-0.15, -0.1) is 0 Å². The van der Waals surface area contributed by atoms with Crippen molar-refractivity contribution < 1.29 is 13.2 Å². The zero-order valence-electron chi connectivity index (χ0n) is 12.1. The summed E-state index contributed by atoms with van der Waals surface area (Å²) in [5, 5.41) is 5.16. The van der Waals surface area contributed by atoms with Crippen LogP contribution in [0.15, 0.2) is 23.1 Å². The maximum Gasteiger partial charge on any atom is 0.244 e. The lowest BCUT2D eigenvalue weighted by Gasteiger charge is -2.28. The number of nitrogen functional groups attached to an aromatic ring is 1. The molecule has 0 bridgehead atoms. The molecular formula is C13H20N4O3S. The summed E-state index contributed by atoms with van der Waals surface area (Å²) in [6.45, 7) is 0.678. The molecule has 116 valence electrons. The number of rotatable bonds is 3. The molecule has 1 amide bonds. The molecule has 0 aromatic heterocycles. The van der Waals surface area contributed by atoms with Crippen LogP contribution in [-0.2, 0) is 14.8 Å². The van der Waals surface area contributed by atoms with E-state index in [1.165, 1.54) is 17.0 Å². The molecule has 1 aromatic rings. The number of hydrogen-bond donors (Lipinski definition) is 2. The van der Waals surface area contributed by atoms with Gasteiger partial charge in [-0.3, -0.25) is 4.79 Å². The standard InChI is InChI=1S/C13H20N4O3S/c1-16(2)13(18)12-4-3-5-17(12)10-6-9(14)7-11(8-10)21(15,19)20/h6-8,12H,3-5,14H2,1-2H3,(H2,15,19,20). The Morgan fingerprint density at radius 1 is 1.33 bits per heavy atom. The molecule has 7 nitrogen and oxygen atoms in total. The fourth-order valence-corrected chi connectivity index (χ4v) is 3.15. The van der Waals surface area contributed by atoms with Gasteiger partial charge >= 0.3 is 0 Å². The number of carbonyl (C=O) groups is 1. The van der Waals surface area contributed by atoms with E-state index in [9.17, 15) is 13.2 Å². The van der Waals surface area contributed by atoms with Gasteiger partial charge in [-0.2, -0.15) is 0 Å². The van der Waals surface area contributed by atoms with Gasteiger partial charge in [0.2, 0.25) is 15.9 Å². The first-order valence-corrected chi connectivity index (χ1v) is 8.16. The van der Waals surface area contributed by atoms with Crippen molar-refractivity contribution in [3.63, 3.8) is 0 Å². The van der Waals surface area contributed by atoms with Crippen molar-refractivity contribution in [2.75, 3.05) is 31.3 Å². The van der Waals surface area contributed by atoms with E-state index in [4.69, 9.17) is 10.9 Å². The number of sulfonamides is 1. The summed E-state index contributed by atoms with van der Waals surface area (Å²) < 4.78 is 23.0. The van der Waals surface area contributed by atoms with Crippen molar-refractivity contribution in [3.05, 3.63) is 18.2 Å². The Bertz CT molecular complexity index is 657. The first-order valence-electron chi connectivity index (χ1n) is 6.61. The summed E-state index contributed by atoms with van der Waals surface area (Å²) in [5.41, 5.74) is 6.68. The fourth-order valence-electron chi connectivity index (χ4n) is 2.57. The molecule has 8 heteroatoms. The molecule has 0 radical (unpaired) electrons. The molecule has 1 aliphatic rings. The van der Waals surface area contributed by atoms with E-state index in [0.29, 0.717) is 17.9 Å². The van der Waals surface area contributed by atoms with Crippen LogP contribution in [0, 0.1) is 0 Å². The number of anilines is 2. The normalized spacial score (nSPS) is 18.8. The van der Waals surface area contributed by atoms with E-state index in [1.54, 1.807) is 20.2 Å². The Labute approximate surface area is 124 Å². The fraction of sp³-hybridized carbons (Fsp3) is 0.462. The molecule has 0 saturated carbocycles. The number of nitrogens with zero attached hydrogens (tertiary/aromatic N) is 2. The zero-order valence-corrected chi connectivity index (χ0v) is 12.9. The van der Waals surface area contributed by atoms with Crippen LogP contribution in [0.5, 0.6) is 0 Å². The van der Waals surface area contributed by atoms with Gasteiger partial charge in [0, 0.05) is 32.0 Å². The molecule has 4 N–H and O–H groups in total. The maximum absolute atomic E-state index is 12.2. The van der Waals surface area contributed by atoms with Gasteiger partial charge in [0.1, 0.15) is 6.04 Å². The van der Waals surface area contributed by atoms with Crippen molar-refractivity contribution in [2.24, 2.45) is 5.14 Å². The van der Waals surface area contributed by atoms with Gasteiger partial charge in [0.05, 0.1) is 4.90 Å². The zero-order chi connectivity index (χ0) is 15.8. The predicted octanol–water partition coefficient (Wildman–Crippen LogP) is -0.0268. The third-order valence-corrected chi connectivity index (χ3v) is 4.45. The molecule has 0 aliphatic carbocycles. The lowest BCUT2D eigenvalue weighted by Crippen LogP contribution is -2.42. The minimum atomic E-state index is -3.83. The van der Waals surface area contributed by atoms with Crippen LogP contribution < -0.4 is 15.8 Å². The number of amides is 1.